The van der Waals surface area contributed by atoms with Crippen LogP contribution in [0.5, 0.6) is 0 Å². The number of nitrogens with zero attached hydrogens (tertiary/aromatic N) is 4. The number of hydrogen-bond acceptors (Lipinski definition) is 6. The van der Waals surface area contributed by atoms with E-state index in [1.165, 1.54) is 17.5 Å². The van der Waals surface area contributed by atoms with Crippen molar-refractivity contribution in [3.63, 3.8) is 0 Å². The van der Waals surface area contributed by atoms with Crippen LogP contribution in [0.4, 0.5) is 5.69 Å². The van der Waals surface area contributed by atoms with Crippen LogP contribution in [0, 0.1) is 0 Å². The third-order valence-corrected chi connectivity index (χ3v) is 5.46. The van der Waals surface area contributed by atoms with Crippen LogP contribution >= 0.6 is 0 Å². The van der Waals surface area contributed by atoms with Crippen LogP contribution in [0.15, 0.2) is 34.9 Å². The maximum Gasteiger partial charge on any atom is 0.273 e. The van der Waals surface area contributed by atoms with Crippen LogP contribution in [-0.2, 0) is 13.1 Å². The van der Waals surface area contributed by atoms with Crippen LogP contribution in [0.25, 0.3) is 0 Å². The Morgan fingerprint density at radius 1 is 1.14 bits per heavy atom. The Morgan fingerprint density at radius 2 is 1.76 bits per heavy atom. The summed E-state index contributed by atoms with van der Waals surface area (Å²) in [7, 11) is 4.12. The quantitative estimate of drug-likeness (QED) is 0.736. The minimum absolute atomic E-state index is 0.134. The molecule has 0 spiro atoms. The van der Waals surface area contributed by atoms with E-state index in [0.29, 0.717) is 18.1 Å². The van der Waals surface area contributed by atoms with Gasteiger partial charge in [0.1, 0.15) is 6.26 Å². The van der Waals surface area contributed by atoms with E-state index < -0.39 is 0 Å². The minimum atomic E-state index is -0.167. The average molecular weight is 400 g/mol. The summed E-state index contributed by atoms with van der Waals surface area (Å²) in [4.78, 5) is 23.4. The Labute approximate surface area is 173 Å². The molecular weight excluding hydrogens is 366 g/mol. The number of oxazole rings is 1. The smallest absolute Gasteiger partial charge is 0.273 e. The molecule has 29 heavy (non-hydrogen) atoms. The molecule has 158 valence electrons. The normalized spacial score (nSPS) is 16.6. The van der Waals surface area contributed by atoms with Gasteiger partial charge in [-0.1, -0.05) is 19.1 Å². The highest BCUT2D eigenvalue weighted by Crippen LogP contribution is 2.15. The van der Waals surface area contributed by atoms with Crippen molar-refractivity contribution in [3.8, 4) is 0 Å². The predicted molar refractivity (Wildman–Crippen MR) is 115 cm³/mol. The molecule has 0 radical (unpaired) electrons. The monoisotopic (exact) mass is 399 g/mol. The van der Waals surface area contributed by atoms with Crippen LogP contribution in [0.1, 0.15) is 42.2 Å². The number of nitrogens with one attached hydrogen (secondary N) is 1. The zero-order valence-corrected chi connectivity index (χ0v) is 18.0. The summed E-state index contributed by atoms with van der Waals surface area (Å²) < 4.78 is 5.53. The van der Waals surface area contributed by atoms with Gasteiger partial charge in [0, 0.05) is 58.5 Å². The molecule has 1 fully saturated rings. The fourth-order valence-corrected chi connectivity index (χ4v) is 3.34. The highest BCUT2D eigenvalue weighted by molar-refractivity contribution is 5.92. The van der Waals surface area contributed by atoms with Crippen molar-refractivity contribution in [1.29, 1.82) is 0 Å². The van der Waals surface area contributed by atoms with Gasteiger partial charge in [0.05, 0.1) is 6.54 Å². The second-order valence-corrected chi connectivity index (χ2v) is 8.02. The standard InChI is InChI=1S/C22H33N5O2/c1-5-17(2)23-22(28)20-16-29-21(24-20)15-27-12-10-26(11-13-27)14-18-6-8-19(9-7-18)25(3)4/h6-9,16-17H,5,10-15H2,1-4H3,(H,23,28)/t17-/m0/s1. The number of anilines is 1. The van der Waals surface area contributed by atoms with Gasteiger partial charge < -0.3 is 14.6 Å². The fourth-order valence-electron chi connectivity index (χ4n) is 3.34. The van der Waals surface area contributed by atoms with Gasteiger partial charge in [-0.3, -0.25) is 14.6 Å². The molecule has 1 atom stereocenters. The van der Waals surface area contributed by atoms with Gasteiger partial charge in [-0.05, 0) is 31.0 Å². The number of aromatic nitrogens is 1. The first-order valence-electron chi connectivity index (χ1n) is 10.4. The lowest BCUT2D eigenvalue weighted by atomic mass is 10.1. The van der Waals surface area contributed by atoms with Crippen LogP contribution in [-0.4, -0.2) is 67.0 Å². The molecule has 1 N–H and O–H groups in total. The first-order valence-corrected chi connectivity index (χ1v) is 10.4. The third kappa shape index (κ3) is 6.05. The molecular formula is C22H33N5O2. The molecule has 0 unspecified atom stereocenters. The molecule has 2 heterocycles. The summed E-state index contributed by atoms with van der Waals surface area (Å²) in [6, 6.07) is 8.89. The molecule has 0 aliphatic carbocycles. The predicted octanol–water partition coefficient (Wildman–Crippen LogP) is 2.59. The Kier molecular flexibility index (Phi) is 7.28. The molecule has 2 aromatic rings. The molecule has 0 saturated carbocycles. The van der Waals surface area contributed by atoms with Crippen LogP contribution in [0.3, 0.4) is 0 Å². The van der Waals surface area contributed by atoms with Gasteiger partial charge in [0.25, 0.3) is 5.91 Å². The molecule has 1 aliphatic heterocycles. The van der Waals surface area contributed by atoms with Crippen molar-refractivity contribution in [3.05, 3.63) is 47.7 Å². The average Bonchev–Trinajstić information content (AvgIpc) is 3.18. The second kappa shape index (κ2) is 9.89. The van der Waals surface area contributed by atoms with E-state index in [1.54, 1.807) is 0 Å². The van der Waals surface area contributed by atoms with Crippen molar-refractivity contribution >= 4 is 11.6 Å². The van der Waals surface area contributed by atoms with Crippen molar-refractivity contribution in [2.45, 2.75) is 39.4 Å². The molecule has 1 saturated heterocycles. The van der Waals surface area contributed by atoms with Gasteiger partial charge in [-0.25, -0.2) is 4.98 Å². The molecule has 7 heteroatoms. The number of piperazine rings is 1. The van der Waals surface area contributed by atoms with Gasteiger partial charge in [0.2, 0.25) is 5.89 Å². The Hall–Kier alpha value is -2.38. The highest BCUT2D eigenvalue weighted by Gasteiger charge is 2.20. The Bertz CT molecular complexity index is 779. The molecule has 1 aromatic carbocycles. The molecule has 0 bridgehead atoms. The first kappa shape index (κ1) is 21.3. The van der Waals surface area contributed by atoms with E-state index in [2.05, 4.69) is 63.4 Å². The summed E-state index contributed by atoms with van der Waals surface area (Å²) in [5.41, 5.74) is 2.93. The second-order valence-electron chi connectivity index (χ2n) is 8.02. The van der Waals surface area contributed by atoms with Crippen molar-refractivity contribution in [2.24, 2.45) is 0 Å². The summed E-state index contributed by atoms with van der Waals surface area (Å²) in [5, 5.41) is 2.92. The number of amides is 1. The van der Waals surface area contributed by atoms with E-state index in [4.69, 9.17) is 4.42 Å². The molecule has 1 amide bonds. The lowest BCUT2D eigenvalue weighted by Crippen LogP contribution is -2.45. The highest BCUT2D eigenvalue weighted by atomic mass is 16.3. The van der Waals surface area contributed by atoms with E-state index in [9.17, 15) is 4.79 Å². The van der Waals surface area contributed by atoms with E-state index in [-0.39, 0.29) is 11.9 Å². The number of hydrogen-bond donors (Lipinski definition) is 1. The topological polar surface area (TPSA) is 64.9 Å². The van der Waals surface area contributed by atoms with E-state index in [1.807, 2.05) is 13.8 Å². The Morgan fingerprint density at radius 3 is 2.34 bits per heavy atom. The molecule has 1 aliphatic rings. The van der Waals surface area contributed by atoms with Gasteiger partial charge in [-0.15, -0.1) is 0 Å². The van der Waals surface area contributed by atoms with Crippen molar-refractivity contribution < 1.29 is 9.21 Å². The van der Waals surface area contributed by atoms with Gasteiger partial charge in [0.15, 0.2) is 5.69 Å². The van der Waals surface area contributed by atoms with Crippen LogP contribution in [0.2, 0.25) is 0 Å². The largest absolute Gasteiger partial charge is 0.447 e. The first-order chi connectivity index (χ1) is 13.9. The lowest BCUT2D eigenvalue weighted by molar-refractivity contribution is 0.0934. The summed E-state index contributed by atoms with van der Waals surface area (Å²) in [6.07, 6.45) is 2.35. The van der Waals surface area contributed by atoms with Gasteiger partial charge >= 0.3 is 0 Å². The van der Waals surface area contributed by atoms with E-state index >= 15 is 0 Å². The number of rotatable bonds is 8. The summed E-state index contributed by atoms with van der Waals surface area (Å²) in [6.45, 7) is 9.59. The SMILES string of the molecule is CC[C@H](C)NC(=O)c1coc(CN2CCN(Cc3ccc(N(C)C)cc3)CC2)n1. The van der Waals surface area contributed by atoms with Crippen LogP contribution < -0.4 is 10.2 Å². The van der Waals surface area contributed by atoms with Crippen molar-refractivity contribution in [1.82, 2.24) is 20.1 Å². The zero-order valence-electron chi connectivity index (χ0n) is 18.0. The fraction of sp³-hybridized carbons (Fsp3) is 0.545. The number of carbonyl (C=O) groups excluding carboxylic acids is 1. The Balaban J connectivity index is 1.44. The van der Waals surface area contributed by atoms with E-state index in [0.717, 1.165) is 39.1 Å². The molecule has 7 nitrogen and oxygen atoms in total. The summed E-state index contributed by atoms with van der Waals surface area (Å²) in [5.74, 6) is 0.437. The van der Waals surface area contributed by atoms with Crippen molar-refractivity contribution in [2.75, 3.05) is 45.2 Å². The number of benzene rings is 1. The molecule has 3 rings (SSSR count). The lowest BCUT2D eigenvalue weighted by Gasteiger charge is -2.34. The number of carbonyl (C=O) groups is 1. The minimum Gasteiger partial charge on any atom is -0.447 e. The maximum absolute atomic E-state index is 12.1. The molecule has 1 aromatic heterocycles. The maximum atomic E-state index is 12.1. The zero-order chi connectivity index (χ0) is 20.8. The summed E-state index contributed by atoms with van der Waals surface area (Å²) >= 11 is 0. The van der Waals surface area contributed by atoms with Gasteiger partial charge in [-0.2, -0.15) is 0 Å². The third-order valence-electron chi connectivity index (χ3n) is 5.46.